The fourth-order valence-corrected chi connectivity index (χ4v) is 2.91. The summed E-state index contributed by atoms with van der Waals surface area (Å²) in [5, 5.41) is 7.52. The van der Waals surface area contributed by atoms with Crippen LogP contribution in [-0.2, 0) is 9.05 Å². The van der Waals surface area contributed by atoms with Crippen LogP contribution >= 0.6 is 10.7 Å². The van der Waals surface area contributed by atoms with Gasteiger partial charge in [0.2, 0.25) is 0 Å². The molecule has 1 fully saturated rings. The SMILES string of the molecule is Cc1cc(-c2nnc(S(=O)(=O)Cl)n2C2CC2)ccn1. The molecule has 2 heterocycles. The van der Waals surface area contributed by atoms with Crippen molar-refractivity contribution in [1.29, 1.82) is 0 Å². The molecule has 6 nitrogen and oxygen atoms in total. The van der Waals surface area contributed by atoms with E-state index < -0.39 is 9.05 Å². The number of pyridine rings is 1. The summed E-state index contributed by atoms with van der Waals surface area (Å²) in [5.41, 5.74) is 1.62. The summed E-state index contributed by atoms with van der Waals surface area (Å²) in [5.74, 6) is 0.521. The van der Waals surface area contributed by atoms with Crippen molar-refractivity contribution in [2.75, 3.05) is 0 Å². The molecule has 0 aromatic carbocycles. The Hall–Kier alpha value is -1.47. The van der Waals surface area contributed by atoms with E-state index in [2.05, 4.69) is 15.2 Å². The van der Waals surface area contributed by atoms with E-state index in [1.807, 2.05) is 13.0 Å². The standard InChI is InChI=1S/C11H11ClN4O2S/c1-7-6-8(4-5-13-7)10-14-15-11(19(12,17)18)16(10)9-2-3-9/h4-6,9H,2-3H2,1H3. The Balaban J connectivity index is 2.20. The minimum atomic E-state index is -3.89. The first-order valence-corrected chi connectivity index (χ1v) is 8.10. The molecule has 19 heavy (non-hydrogen) atoms. The second-order valence-corrected chi connectivity index (χ2v) is 6.99. The Bertz CT molecular complexity index is 737. The highest BCUT2D eigenvalue weighted by Crippen LogP contribution is 2.40. The van der Waals surface area contributed by atoms with Crippen LogP contribution in [-0.4, -0.2) is 28.2 Å². The lowest BCUT2D eigenvalue weighted by atomic mass is 10.2. The van der Waals surface area contributed by atoms with E-state index in [1.165, 1.54) is 0 Å². The molecule has 0 bridgehead atoms. The summed E-state index contributed by atoms with van der Waals surface area (Å²) < 4.78 is 24.7. The first-order chi connectivity index (χ1) is 8.97. The van der Waals surface area contributed by atoms with Gasteiger partial charge in [-0.05, 0) is 31.9 Å². The van der Waals surface area contributed by atoms with Crippen LogP contribution in [0.15, 0.2) is 23.5 Å². The lowest BCUT2D eigenvalue weighted by Crippen LogP contribution is -2.06. The lowest BCUT2D eigenvalue weighted by Gasteiger charge is -2.07. The first-order valence-electron chi connectivity index (χ1n) is 5.79. The molecule has 0 unspecified atom stereocenters. The third-order valence-corrected chi connectivity index (χ3v) is 4.08. The normalized spacial score (nSPS) is 15.7. The van der Waals surface area contributed by atoms with Gasteiger partial charge in [0.15, 0.2) is 5.82 Å². The molecule has 3 rings (SSSR count). The summed E-state index contributed by atoms with van der Waals surface area (Å²) in [6, 6.07) is 3.73. The van der Waals surface area contributed by atoms with E-state index in [0.29, 0.717) is 5.82 Å². The zero-order valence-corrected chi connectivity index (χ0v) is 11.7. The van der Waals surface area contributed by atoms with E-state index in [-0.39, 0.29) is 11.2 Å². The van der Waals surface area contributed by atoms with Gasteiger partial charge in [-0.2, -0.15) is 0 Å². The van der Waals surface area contributed by atoms with Crippen molar-refractivity contribution >= 4 is 19.7 Å². The summed E-state index contributed by atoms with van der Waals surface area (Å²) in [4.78, 5) is 4.11. The predicted octanol–water partition coefficient (Wildman–Crippen LogP) is 1.91. The topological polar surface area (TPSA) is 77.7 Å². The molecule has 8 heteroatoms. The monoisotopic (exact) mass is 298 g/mol. The van der Waals surface area contributed by atoms with Crippen LogP contribution < -0.4 is 0 Å². The molecule has 0 spiro atoms. The summed E-state index contributed by atoms with van der Waals surface area (Å²) in [6.45, 7) is 1.86. The Morgan fingerprint density at radius 1 is 1.37 bits per heavy atom. The fourth-order valence-electron chi connectivity index (χ4n) is 1.99. The molecule has 100 valence electrons. The van der Waals surface area contributed by atoms with E-state index in [0.717, 1.165) is 24.1 Å². The Morgan fingerprint density at radius 3 is 2.68 bits per heavy atom. The molecule has 0 radical (unpaired) electrons. The maximum Gasteiger partial charge on any atom is 0.296 e. The molecule has 0 aliphatic heterocycles. The van der Waals surface area contributed by atoms with Crippen LogP contribution in [0.2, 0.25) is 0 Å². The van der Waals surface area contributed by atoms with Gasteiger partial charge < -0.3 is 0 Å². The van der Waals surface area contributed by atoms with Crippen LogP contribution in [0.5, 0.6) is 0 Å². The highest BCUT2D eigenvalue weighted by Gasteiger charge is 2.34. The molecule has 0 amide bonds. The average molecular weight is 299 g/mol. The van der Waals surface area contributed by atoms with E-state index in [4.69, 9.17) is 10.7 Å². The largest absolute Gasteiger partial charge is 0.296 e. The highest BCUT2D eigenvalue weighted by atomic mass is 35.7. The molecule has 2 aromatic heterocycles. The van der Waals surface area contributed by atoms with Crippen molar-refractivity contribution in [1.82, 2.24) is 19.7 Å². The summed E-state index contributed by atoms with van der Waals surface area (Å²) in [6.07, 6.45) is 3.48. The Kier molecular flexibility index (Phi) is 2.83. The van der Waals surface area contributed by atoms with Crippen molar-refractivity contribution in [2.45, 2.75) is 31.0 Å². The van der Waals surface area contributed by atoms with Gasteiger partial charge in [0, 0.05) is 34.2 Å². The summed E-state index contributed by atoms with van der Waals surface area (Å²) >= 11 is 0. The molecule has 1 aliphatic carbocycles. The van der Waals surface area contributed by atoms with E-state index >= 15 is 0 Å². The van der Waals surface area contributed by atoms with Crippen LogP contribution in [0.4, 0.5) is 0 Å². The number of nitrogens with zero attached hydrogens (tertiary/aromatic N) is 4. The van der Waals surface area contributed by atoms with Crippen LogP contribution in [0, 0.1) is 6.92 Å². The zero-order valence-electron chi connectivity index (χ0n) is 10.1. The van der Waals surface area contributed by atoms with Gasteiger partial charge in [0.1, 0.15) is 0 Å². The average Bonchev–Trinajstić information content (AvgIpc) is 3.06. The van der Waals surface area contributed by atoms with Gasteiger partial charge in [0.25, 0.3) is 14.2 Å². The molecule has 0 N–H and O–H groups in total. The zero-order chi connectivity index (χ0) is 13.6. The minimum Gasteiger partial charge on any atom is -0.294 e. The van der Waals surface area contributed by atoms with Crippen molar-refractivity contribution in [3.8, 4) is 11.4 Å². The number of halogens is 1. The van der Waals surface area contributed by atoms with Crippen molar-refractivity contribution in [3.63, 3.8) is 0 Å². The van der Waals surface area contributed by atoms with Gasteiger partial charge in [0.05, 0.1) is 0 Å². The van der Waals surface area contributed by atoms with Crippen LogP contribution in [0.25, 0.3) is 11.4 Å². The third-order valence-electron chi connectivity index (χ3n) is 2.95. The smallest absolute Gasteiger partial charge is 0.294 e. The number of hydrogen-bond acceptors (Lipinski definition) is 5. The molecular weight excluding hydrogens is 288 g/mol. The minimum absolute atomic E-state index is 0.113. The number of aromatic nitrogens is 4. The lowest BCUT2D eigenvalue weighted by molar-refractivity contribution is 0.579. The van der Waals surface area contributed by atoms with Gasteiger partial charge >= 0.3 is 0 Å². The van der Waals surface area contributed by atoms with Crippen molar-refractivity contribution in [3.05, 3.63) is 24.0 Å². The van der Waals surface area contributed by atoms with Gasteiger partial charge in [-0.15, -0.1) is 10.2 Å². The second kappa shape index (κ2) is 4.28. The van der Waals surface area contributed by atoms with Crippen LogP contribution in [0.3, 0.4) is 0 Å². The maximum absolute atomic E-state index is 11.5. The molecule has 1 aliphatic rings. The molecule has 0 atom stereocenters. The third kappa shape index (κ3) is 2.35. The Labute approximate surface area is 114 Å². The molecule has 1 saturated carbocycles. The van der Waals surface area contributed by atoms with Gasteiger partial charge in [-0.25, -0.2) is 8.42 Å². The van der Waals surface area contributed by atoms with E-state index in [1.54, 1.807) is 16.8 Å². The van der Waals surface area contributed by atoms with Crippen LogP contribution in [0.1, 0.15) is 24.6 Å². The van der Waals surface area contributed by atoms with Gasteiger partial charge in [-0.3, -0.25) is 9.55 Å². The van der Waals surface area contributed by atoms with Crippen molar-refractivity contribution in [2.24, 2.45) is 0 Å². The molecule has 2 aromatic rings. The quantitative estimate of drug-likeness (QED) is 0.809. The summed E-state index contributed by atoms with van der Waals surface area (Å²) in [7, 11) is 1.51. The molecular formula is C11H11ClN4O2S. The molecule has 0 saturated heterocycles. The Morgan fingerprint density at radius 2 is 2.11 bits per heavy atom. The van der Waals surface area contributed by atoms with Crippen molar-refractivity contribution < 1.29 is 8.42 Å². The first kappa shape index (κ1) is 12.6. The highest BCUT2D eigenvalue weighted by molar-refractivity contribution is 8.13. The predicted molar refractivity (Wildman–Crippen MR) is 69.3 cm³/mol. The number of aryl methyl sites for hydroxylation is 1. The fraction of sp³-hybridized carbons (Fsp3) is 0.364. The van der Waals surface area contributed by atoms with Gasteiger partial charge in [-0.1, -0.05) is 0 Å². The number of hydrogen-bond donors (Lipinski definition) is 0. The maximum atomic E-state index is 11.5. The second-order valence-electron chi connectivity index (χ2n) is 4.53. The number of rotatable bonds is 3. The van der Waals surface area contributed by atoms with E-state index in [9.17, 15) is 8.42 Å².